The van der Waals surface area contributed by atoms with Gasteiger partial charge < -0.3 is 5.11 Å². The van der Waals surface area contributed by atoms with E-state index < -0.39 is 5.97 Å². The van der Waals surface area contributed by atoms with Crippen molar-refractivity contribution in [1.82, 2.24) is 4.98 Å². The van der Waals surface area contributed by atoms with Crippen molar-refractivity contribution in [3.05, 3.63) is 47.4 Å². The molecule has 1 aromatic heterocycles. The Balaban J connectivity index is 2.56. The van der Waals surface area contributed by atoms with E-state index in [0.29, 0.717) is 11.2 Å². The maximum absolute atomic E-state index is 13.1. The number of pyridine rings is 1. The second-order valence-corrected chi connectivity index (χ2v) is 3.70. The van der Waals surface area contributed by atoms with E-state index in [1.165, 1.54) is 18.2 Å². The van der Waals surface area contributed by atoms with Crippen molar-refractivity contribution in [2.45, 2.75) is 6.92 Å². The maximum Gasteiger partial charge on any atom is 0.328 e. The van der Waals surface area contributed by atoms with Gasteiger partial charge in [-0.1, -0.05) is 0 Å². The topological polar surface area (TPSA) is 50.2 Å². The Labute approximate surface area is 97.2 Å². The van der Waals surface area contributed by atoms with Crippen LogP contribution in [0.4, 0.5) is 4.39 Å². The summed E-state index contributed by atoms with van der Waals surface area (Å²) in [4.78, 5) is 14.6. The van der Waals surface area contributed by atoms with E-state index in [-0.39, 0.29) is 5.82 Å². The van der Waals surface area contributed by atoms with Crippen LogP contribution in [0.15, 0.2) is 30.3 Å². The molecule has 3 nitrogen and oxygen atoms in total. The van der Waals surface area contributed by atoms with Crippen LogP contribution in [-0.2, 0) is 4.79 Å². The van der Waals surface area contributed by atoms with Crippen LogP contribution in [0.25, 0.3) is 17.0 Å². The molecular formula is C13H10FNO2. The van der Waals surface area contributed by atoms with Crippen molar-refractivity contribution in [2.75, 3.05) is 0 Å². The summed E-state index contributed by atoms with van der Waals surface area (Å²) in [6.45, 7) is 1.83. The smallest absolute Gasteiger partial charge is 0.328 e. The summed E-state index contributed by atoms with van der Waals surface area (Å²) in [7, 11) is 0. The van der Waals surface area contributed by atoms with Crippen LogP contribution in [0, 0.1) is 12.7 Å². The molecule has 86 valence electrons. The van der Waals surface area contributed by atoms with E-state index in [0.717, 1.165) is 17.0 Å². The lowest BCUT2D eigenvalue weighted by atomic mass is 10.1. The molecule has 2 rings (SSSR count). The van der Waals surface area contributed by atoms with Gasteiger partial charge in [0.25, 0.3) is 0 Å². The monoisotopic (exact) mass is 231 g/mol. The highest BCUT2D eigenvalue weighted by Gasteiger charge is 2.02. The van der Waals surface area contributed by atoms with Crippen LogP contribution in [0.5, 0.6) is 0 Å². The number of fused-ring (bicyclic) bond motifs is 1. The first kappa shape index (κ1) is 11.3. The third-order valence-corrected chi connectivity index (χ3v) is 2.39. The first-order chi connectivity index (χ1) is 8.06. The predicted octanol–water partition coefficient (Wildman–Crippen LogP) is 2.78. The molecule has 0 saturated heterocycles. The number of rotatable bonds is 2. The van der Waals surface area contributed by atoms with Crippen molar-refractivity contribution >= 4 is 22.9 Å². The number of benzene rings is 1. The molecule has 0 atom stereocenters. The molecule has 1 heterocycles. The highest BCUT2D eigenvalue weighted by atomic mass is 19.1. The fraction of sp³-hybridized carbons (Fsp3) is 0.0769. The zero-order valence-corrected chi connectivity index (χ0v) is 9.14. The Hall–Kier alpha value is -2.23. The van der Waals surface area contributed by atoms with Gasteiger partial charge >= 0.3 is 5.97 Å². The molecule has 2 aromatic rings. The van der Waals surface area contributed by atoms with Crippen molar-refractivity contribution in [3.63, 3.8) is 0 Å². The lowest BCUT2D eigenvalue weighted by Crippen LogP contribution is -1.90. The van der Waals surface area contributed by atoms with Crippen molar-refractivity contribution < 1.29 is 14.3 Å². The molecular weight excluding hydrogens is 221 g/mol. The van der Waals surface area contributed by atoms with Gasteiger partial charge in [-0.25, -0.2) is 14.2 Å². The highest BCUT2D eigenvalue weighted by molar-refractivity contribution is 5.87. The van der Waals surface area contributed by atoms with Crippen molar-refractivity contribution in [2.24, 2.45) is 0 Å². The molecule has 1 N–H and O–H groups in total. The van der Waals surface area contributed by atoms with Crippen LogP contribution in [-0.4, -0.2) is 16.1 Å². The third kappa shape index (κ3) is 2.47. The lowest BCUT2D eigenvalue weighted by molar-refractivity contribution is -0.131. The van der Waals surface area contributed by atoms with E-state index in [1.807, 2.05) is 6.92 Å². The van der Waals surface area contributed by atoms with Crippen LogP contribution >= 0.6 is 0 Å². The fourth-order valence-corrected chi connectivity index (χ4v) is 1.63. The normalized spacial score (nSPS) is 11.2. The van der Waals surface area contributed by atoms with Gasteiger partial charge in [-0.2, -0.15) is 0 Å². The molecule has 0 saturated carbocycles. The summed E-state index contributed by atoms with van der Waals surface area (Å²) < 4.78 is 13.1. The highest BCUT2D eigenvalue weighted by Crippen LogP contribution is 2.19. The van der Waals surface area contributed by atoms with E-state index in [1.54, 1.807) is 12.1 Å². The van der Waals surface area contributed by atoms with Crippen molar-refractivity contribution in [1.29, 1.82) is 0 Å². The molecule has 0 radical (unpaired) electrons. The Kier molecular flexibility index (Phi) is 2.87. The number of hydrogen-bond acceptors (Lipinski definition) is 2. The largest absolute Gasteiger partial charge is 0.478 e. The standard InChI is InChI=1S/C13H10FNO2/c1-8-6-10(3-5-13(16)17)15-12-4-2-9(14)7-11(8)12/h2-7H,1H3,(H,16,17)/b5-3+. The first-order valence-corrected chi connectivity index (χ1v) is 5.04. The van der Waals surface area contributed by atoms with Crippen LogP contribution in [0.2, 0.25) is 0 Å². The van der Waals surface area contributed by atoms with E-state index in [4.69, 9.17) is 5.11 Å². The summed E-state index contributed by atoms with van der Waals surface area (Å²) in [6, 6.07) is 6.05. The second-order valence-electron chi connectivity index (χ2n) is 3.70. The van der Waals surface area contributed by atoms with Crippen LogP contribution < -0.4 is 0 Å². The van der Waals surface area contributed by atoms with Gasteiger partial charge in [0, 0.05) is 11.5 Å². The molecule has 0 aliphatic carbocycles. The van der Waals surface area contributed by atoms with E-state index >= 15 is 0 Å². The summed E-state index contributed by atoms with van der Waals surface area (Å²) in [5.41, 5.74) is 2.06. The van der Waals surface area contributed by atoms with Crippen molar-refractivity contribution in [3.8, 4) is 0 Å². The Morgan fingerprint density at radius 1 is 1.41 bits per heavy atom. The lowest BCUT2D eigenvalue weighted by Gasteiger charge is -2.03. The molecule has 0 unspecified atom stereocenters. The molecule has 0 bridgehead atoms. The number of halogens is 1. The predicted molar refractivity (Wildman–Crippen MR) is 63.1 cm³/mol. The molecule has 0 spiro atoms. The number of nitrogens with zero attached hydrogens (tertiary/aromatic N) is 1. The van der Waals surface area contributed by atoms with E-state index in [2.05, 4.69) is 4.98 Å². The molecule has 0 aliphatic heterocycles. The Morgan fingerprint density at radius 3 is 2.88 bits per heavy atom. The molecule has 0 aliphatic rings. The number of aromatic nitrogens is 1. The molecule has 17 heavy (non-hydrogen) atoms. The van der Waals surface area contributed by atoms with Gasteiger partial charge in [-0.3, -0.25) is 0 Å². The van der Waals surface area contributed by atoms with Crippen LogP contribution in [0.3, 0.4) is 0 Å². The average Bonchev–Trinajstić information content (AvgIpc) is 2.27. The second kappa shape index (κ2) is 4.33. The van der Waals surface area contributed by atoms with Gasteiger partial charge in [0.15, 0.2) is 0 Å². The van der Waals surface area contributed by atoms with Gasteiger partial charge in [-0.15, -0.1) is 0 Å². The number of carboxylic acid groups (broad SMARTS) is 1. The molecule has 1 aromatic carbocycles. The van der Waals surface area contributed by atoms with Crippen LogP contribution in [0.1, 0.15) is 11.3 Å². The zero-order chi connectivity index (χ0) is 12.4. The average molecular weight is 231 g/mol. The minimum absolute atomic E-state index is 0.309. The third-order valence-electron chi connectivity index (χ3n) is 2.39. The Bertz CT molecular complexity index is 620. The summed E-state index contributed by atoms with van der Waals surface area (Å²) in [5, 5.41) is 9.26. The van der Waals surface area contributed by atoms with Gasteiger partial charge in [0.2, 0.25) is 0 Å². The van der Waals surface area contributed by atoms with Gasteiger partial charge in [0.05, 0.1) is 11.2 Å². The fourth-order valence-electron chi connectivity index (χ4n) is 1.63. The molecule has 4 heteroatoms. The molecule has 0 amide bonds. The number of hydrogen-bond donors (Lipinski definition) is 1. The van der Waals surface area contributed by atoms with E-state index in [9.17, 15) is 9.18 Å². The van der Waals surface area contributed by atoms with Gasteiger partial charge in [0.1, 0.15) is 5.82 Å². The summed E-state index contributed by atoms with van der Waals surface area (Å²) in [5.74, 6) is -1.33. The number of carboxylic acids is 1. The minimum atomic E-state index is -1.02. The Morgan fingerprint density at radius 2 is 2.18 bits per heavy atom. The molecule has 0 fully saturated rings. The number of carbonyl (C=O) groups is 1. The van der Waals surface area contributed by atoms with Gasteiger partial charge in [-0.05, 0) is 42.8 Å². The maximum atomic E-state index is 13.1. The number of aryl methyl sites for hydroxylation is 1. The zero-order valence-electron chi connectivity index (χ0n) is 9.14. The summed E-state index contributed by atoms with van der Waals surface area (Å²) >= 11 is 0. The summed E-state index contributed by atoms with van der Waals surface area (Å²) in [6.07, 6.45) is 2.44. The minimum Gasteiger partial charge on any atom is -0.478 e. The first-order valence-electron chi connectivity index (χ1n) is 5.04. The quantitative estimate of drug-likeness (QED) is 0.808. The SMILES string of the molecule is Cc1cc(/C=C/C(=O)O)nc2ccc(F)cc12. The number of aliphatic carboxylic acids is 1.